The molecule has 0 aromatic heterocycles. The smallest absolute Gasteiger partial charge is 0.0777 e. The molecule has 10 unspecified atom stereocenters. The summed E-state index contributed by atoms with van der Waals surface area (Å²) in [5, 5.41) is 22.3. The maximum Gasteiger partial charge on any atom is 0.0777 e. The number of aliphatic hydroxyl groups is 2. The van der Waals surface area contributed by atoms with E-state index in [2.05, 4.69) is 34.6 Å². The molecule has 6 fully saturated rings. The molecule has 2 bridgehead atoms. The maximum absolute atomic E-state index is 11.7. The first-order valence-electron chi connectivity index (χ1n) is 13.5. The Morgan fingerprint density at radius 2 is 1.58 bits per heavy atom. The van der Waals surface area contributed by atoms with Crippen molar-refractivity contribution in [3.63, 3.8) is 0 Å². The molecule has 31 heavy (non-hydrogen) atoms. The van der Waals surface area contributed by atoms with Crippen LogP contribution in [0.25, 0.3) is 0 Å². The van der Waals surface area contributed by atoms with E-state index in [9.17, 15) is 10.2 Å². The Hall–Kier alpha value is -0.120. The molecule has 0 aromatic carbocycles. The fourth-order valence-electron chi connectivity index (χ4n) is 12.0. The molecule has 1 spiro atoms. The molecule has 176 valence electrons. The highest BCUT2D eigenvalue weighted by molar-refractivity contribution is 5.28. The molecule has 1 aliphatic heterocycles. The van der Waals surface area contributed by atoms with Gasteiger partial charge in [-0.25, -0.2) is 0 Å². The molecular formula is C28H46O3. The van der Waals surface area contributed by atoms with Gasteiger partial charge in [-0.2, -0.15) is 0 Å². The van der Waals surface area contributed by atoms with Gasteiger partial charge < -0.3 is 14.9 Å². The van der Waals surface area contributed by atoms with E-state index in [-0.39, 0.29) is 44.9 Å². The van der Waals surface area contributed by atoms with E-state index in [0.29, 0.717) is 17.8 Å². The Labute approximate surface area is 189 Å². The highest BCUT2D eigenvalue weighted by atomic mass is 16.5. The van der Waals surface area contributed by atoms with E-state index < -0.39 is 0 Å². The number of ether oxygens (including phenoxy) is 1. The fourth-order valence-corrected chi connectivity index (χ4v) is 12.0. The van der Waals surface area contributed by atoms with Crippen LogP contribution >= 0.6 is 0 Å². The summed E-state index contributed by atoms with van der Waals surface area (Å²) in [6, 6.07) is 0. The lowest BCUT2D eigenvalue weighted by Gasteiger charge is -2.75. The van der Waals surface area contributed by atoms with E-state index in [1.165, 1.54) is 44.9 Å². The second-order valence-electron chi connectivity index (χ2n) is 14.4. The molecule has 3 heteroatoms. The molecule has 5 aliphatic carbocycles. The fraction of sp³-hybridized carbons (Fsp3) is 1.00. The number of hydrogen-bond donors (Lipinski definition) is 2. The van der Waals surface area contributed by atoms with E-state index in [0.717, 1.165) is 32.3 Å². The van der Waals surface area contributed by atoms with Gasteiger partial charge >= 0.3 is 0 Å². The van der Waals surface area contributed by atoms with Gasteiger partial charge in [-0.1, -0.05) is 47.5 Å². The van der Waals surface area contributed by atoms with Crippen molar-refractivity contribution in [2.24, 2.45) is 44.8 Å². The van der Waals surface area contributed by atoms with Gasteiger partial charge in [-0.3, -0.25) is 0 Å². The Balaban J connectivity index is 1.49. The number of fused-ring (bicyclic) bond motifs is 4. The lowest BCUT2D eigenvalue weighted by Crippen LogP contribution is -2.74. The molecule has 1 saturated heterocycles. The van der Waals surface area contributed by atoms with E-state index in [1.807, 2.05) is 0 Å². The summed E-state index contributed by atoms with van der Waals surface area (Å²) in [7, 11) is 0. The van der Waals surface area contributed by atoms with Crippen LogP contribution in [0, 0.1) is 44.8 Å². The predicted molar refractivity (Wildman–Crippen MR) is 122 cm³/mol. The highest BCUT2D eigenvalue weighted by Crippen LogP contribution is 2.80. The first kappa shape index (κ1) is 21.4. The topological polar surface area (TPSA) is 49.7 Å². The summed E-state index contributed by atoms with van der Waals surface area (Å²) < 4.78 is 7.05. The van der Waals surface area contributed by atoms with Crippen molar-refractivity contribution in [3.8, 4) is 0 Å². The van der Waals surface area contributed by atoms with Crippen LogP contribution in [0.5, 0.6) is 0 Å². The molecule has 3 nitrogen and oxygen atoms in total. The quantitative estimate of drug-likeness (QED) is 0.517. The molecule has 0 amide bonds. The summed E-state index contributed by atoms with van der Waals surface area (Å²) in [6.07, 6.45) is 12.3. The number of hydrogen-bond acceptors (Lipinski definition) is 3. The summed E-state index contributed by atoms with van der Waals surface area (Å²) in [4.78, 5) is 0. The molecule has 2 N–H and O–H groups in total. The summed E-state index contributed by atoms with van der Waals surface area (Å²) >= 11 is 0. The van der Waals surface area contributed by atoms with Crippen LogP contribution in [0.1, 0.15) is 105 Å². The van der Waals surface area contributed by atoms with Crippen LogP contribution in [-0.4, -0.2) is 34.6 Å². The third-order valence-corrected chi connectivity index (χ3v) is 13.2. The average molecular weight is 431 g/mol. The van der Waals surface area contributed by atoms with Crippen LogP contribution in [0.4, 0.5) is 0 Å². The maximum atomic E-state index is 11.7. The molecule has 0 radical (unpaired) electrons. The third kappa shape index (κ3) is 2.24. The van der Waals surface area contributed by atoms with Gasteiger partial charge in [0.05, 0.1) is 24.4 Å². The zero-order valence-corrected chi connectivity index (χ0v) is 20.7. The van der Waals surface area contributed by atoms with E-state index in [4.69, 9.17) is 4.74 Å². The van der Waals surface area contributed by atoms with Crippen molar-refractivity contribution in [1.29, 1.82) is 0 Å². The average Bonchev–Trinajstić information content (AvgIpc) is 3.00. The molecule has 6 aliphatic rings. The van der Waals surface area contributed by atoms with E-state index >= 15 is 0 Å². The lowest BCUT2D eigenvalue weighted by atomic mass is 9.29. The minimum atomic E-state index is -0.212. The normalized spacial score (nSPS) is 62.2. The van der Waals surface area contributed by atoms with Gasteiger partial charge in [0.15, 0.2) is 0 Å². The highest BCUT2D eigenvalue weighted by Gasteiger charge is 2.79. The summed E-state index contributed by atoms with van der Waals surface area (Å²) in [5.41, 5.74) is 0.666. The van der Waals surface area contributed by atoms with E-state index in [1.54, 1.807) is 0 Å². The largest absolute Gasteiger partial charge is 0.393 e. The van der Waals surface area contributed by atoms with Crippen molar-refractivity contribution in [1.82, 2.24) is 0 Å². The Morgan fingerprint density at radius 3 is 2.35 bits per heavy atom. The van der Waals surface area contributed by atoms with Gasteiger partial charge in [0.2, 0.25) is 0 Å². The summed E-state index contributed by atoms with van der Waals surface area (Å²) in [5.74, 6) is 1.79. The molecule has 5 saturated carbocycles. The van der Waals surface area contributed by atoms with Crippen molar-refractivity contribution in [2.75, 3.05) is 6.61 Å². The third-order valence-electron chi connectivity index (χ3n) is 13.2. The zero-order valence-electron chi connectivity index (χ0n) is 20.7. The molecule has 1 heterocycles. The van der Waals surface area contributed by atoms with Crippen LogP contribution in [-0.2, 0) is 4.74 Å². The SMILES string of the molecule is CC1(C)CC2(C)C(CCC34OCC5(CCCCC53)C(O)CC24C)C2(C)CCC(O)CC12. The van der Waals surface area contributed by atoms with Crippen LogP contribution in [0.2, 0.25) is 0 Å². The van der Waals surface area contributed by atoms with Crippen molar-refractivity contribution < 1.29 is 14.9 Å². The molecule has 10 atom stereocenters. The molecule has 0 aromatic rings. The van der Waals surface area contributed by atoms with Crippen molar-refractivity contribution in [2.45, 2.75) is 123 Å². The van der Waals surface area contributed by atoms with Crippen molar-refractivity contribution >= 4 is 0 Å². The zero-order chi connectivity index (χ0) is 22.1. The first-order valence-corrected chi connectivity index (χ1v) is 13.5. The van der Waals surface area contributed by atoms with Gasteiger partial charge in [-0.15, -0.1) is 0 Å². The van der Waals surface area contributed by atoms with Crippen LogP contribution < -0.4 is 0 Å². The van der Waals surface area contributed by atoms with Gasteiger partial charge in [-0.05, 0) is 91.8 Å². The minimum absolute atomic E-state index is 0.0195. The van der Waals surface area contributed by atoms with Crippen LogP contribution in [0.15, 0.2) is 0 Å². The molecular weight excluding hydrogens is 384 g/mol. The van der Waals surface area contributed by atoms with Gasteiger partial charge in [0.25, 0.3) is 0 Å². The summed E-state index contributed by atoms with van der Waals surface area (Å²) in [6.45, 7) is 13.5. The van der Waals surface area contributed by atoms with Crippen molar-refractivity contribution in [3.05, 3.63) is 0 Å². The van der Waals surface area contributed by atoms with Gasteiger partial charge in [0, 0.05) is 10.8 Å². The number of rotatable bonds is 0. The Bertz CT molecular complexity index is 778. The first-order chi connectivity index (χ1) is 14.5. The second kappa shape index (κ2) is 6.11. The van der Waals surface area contributed by atoms with Crippen LogP contribution in [0.3, 0.4) is 0 Å². The molecule has 6 rings (SSSR count). The number of aliphatic hydroxyl groups excluding tert-OH is 2. The predicted octanol–water partition coefficient (Wildman–Crippen LogP) is 5.72. The Kier molecular flexibility index (Phi) is 4.22. The monoisotopic (exact) mass is 430 g/mol. The van der Waals surface area contributed by atoms with Gasteiger partial charge in [0.1, 0.15) is 0 Å². The second-order valence-corrected chi connectivity index (χ2v) is 14.4. The minimum Gasteiger partial charge on any atom is -0.393 e. The Morgan fingerprint density at radius 1 is 0.806 bits per heavy atom. The standard InChI is InChI=1S/C28H46O3/c1-23(2)16-25(4)19(24(3)12-9-18(29)14-21(23)24)10-13-28-20-8-6-7-11-27(20,17-31-28)22(30)15-26(25,28)5/h18-22,29-30H,6-17H2,1-5H3. The lowest BCUT2D eigenvalue weighted by molar-refractivity contribution is -0.303.